The molecule has 0 aromatic carbocycles. The molecule has 1 aliphatic heterocycles. The molecule has 1 aliphatic rings. The molecule has 4 nitrogen and oxygen atoms in total. The Balaban J connectivity index is 2.06. The summed E-state index contributed by atoms with van der Waals surface area (Å²) in [5.74, 6) is -0.0897. The van der Waals surface area contributed by atoms with Crippen molar-refractivity contribution in [1.29, 1.82) is 0 Å². The summed E-state index contributed by atoms with van der Waals surface area (Å²) in [6, 6.07) is 0. The predicted molar refractivity (Wildman–Crippen MR) is 50.3 cm³/mol. The van der Waals surface area contributed by atoms with E-state index in [9.17, 15) is 4.79 Å². The number of nitrogens with one attached hydrogen (secondary N) is 1. The molecule has 1 heterocycles. The Labute approximate surface area is 79.2 Å². The summed E-state index contributed by atoms with van der Waals surface area (Å²) >= 11 is 0. The lowest BCUT2D eigenvalue weighted by Crippen LogP contribution is -2.42. The van der Waals surface area contributed by atoms with Crippen LogP contribution < -0.4 is 5.32 Å². The van der Waals surface area contributed by atoms with E-state index in [2.05, 4.69) is 10.2 Å². The van der Waals surface area contributed by atoms with Crippen molar-refractivity contribution in [3.8, 4) is 0 Å². The number of rotatable bonds is 4. The molecule has 1 rings (SSSR count). The zero-order chi connectivity index (χ0) is 9.52. The zero-order valence-corrected chi connectivity index (χ0v) is 8.21. The molecule has 0 amide bonds. The second kappa shape index (κ2) is 5.94. The molecule has 76 valence electrons. The van der Waals surface area contributed by atoms with Gasteiger partial charge in [-0.25, -0.2) is 0 Å². The summed E-state index contributed by atoms with van der Waals surface area (Å²) in [4.78, 5) is 13.3. The van der Waals surface area contributed by atoms with Crippen molar-refractivity contribution in [3.05, 3.63) is 0 Å². The number of ether oxygens (including phenoxy) is 1. The van der Waals surface area contributed by atoms with E-state index in [4.69, 9.17) is 4.74 Å². The monoisotopic (exact) mass is 186 g/mol. The molecule has 0 bridgehead atoms. The molecule has 0 radical (unpaired) electrons. The lowest BCUT2D eigenvalue weighted by molar-refractivity contribution is -0.143. The highest BCUT2D eigenvalue weighted by Crippen LogP contribution is 1.98. The van der Waals surface area contributed by atoms with Crippen molar-refractivity contribution in [2.45, 2.75) is 19.8 Å². The van der Waals surface area contributed by atoms with Crippen LogP contribution in [0.2, 0.25) is 0 Å². The van der Waals surface area contributed by atoms with Gasteiger partial charge < -0.3 is 10.1 Å². The zero-order valence-electron chi connectivity index (χ0n) is 8.21. The molecular weight excluding hydrogens is 168 g/mol. The highest BCUT2D eigenvalue weighted by molar-refractivity contribution is 5.69. The van der Waals surface area contributed by atoms with Gasteiger partial charge in [-0.1, -0.05) is 0 Å². The van der Waals surface area contributed by atoms with E-state index in [1.165, 1.54) is 6.42 Å². The molecule has 0 aromatic rings. The first-order valence-corrected chi connectivity index (χ1v) is 4.91. The van der Waals surface area contributed by atoms with Crippen LogP contribution in [0.15, 0.2) is 0 Å². The Morgan fingerprint density at radius 1 is 1.62 bits per heavy atom. The molecule has 0 atom stereocenters. The second-order valence-corrected chi connectivity index (χ2v) is 3.18. The van der Waals surface area contributed by atoms with Crippen LogP contribution in [0.5, 0.6) is 0 Å². The average molecular weight is 186 g/mol. The van der Waals surface area contributed by atoms with E-state index >= 15 is 0 Å². The Hall–Kier alpha value is -0.610. The van der Waals surface area contributed by atoms with Gasteiger partial charge in [-0.3, -0.25) is 9.69 Å². The quantitative estimate of drug-likeness (QED) is 0.636. The SMILES string of the molecule is CCOC(=O)CCN1CCCNC1. The van der Waals surface area contributed by atoms with Crippen molar-refractivity contribution in [2.75, 3.05) is 32.9 Å². The number of nitrogens with zero attached hydrogens (tertiary/aromatic N) is 1. The van der Waals surface area contributed by atoms with Crippen LogP contribution in [0.4, 0.5) is 0 Å². The molecule has 4 heteroatoms. The Morgan fingerprint density at radius 2 is 2.46 bits per heavy atom. The molecular formula is C9H18N2O2. The summed E-state index contributed by atoms with van der Waals surface area (Å²) in [5, 5.41) is 3.26. The molecule has 1 fully saturated rings. The maximum Gasteiger partial charge on any atom is 0.307 e. The topological polar surface area (TPSA) is 41.6 Å². The predicted octanol–water partition coefficient (Wildman–Crippen LogP) is 0.192. The summed E-state index contributed by atoms with van der Waals surface area (Å²) in [6.07, 6.45) is 1.68. The van der Waals surface area contributed by atoms with E-state index in [1.54, 1.807) is 0 Å². The van der Waals surface area contributed by atoms with Crippen molar-refractivity contribution in [2.24, 2.45) is 0 Å². The van der Waals surface area contributed by atoms with Crippen LogP contribution in [-0.2, 0) is 9.53 Å². The molecule has 0 aromatic heterocycles. The first-order chi connectivity index (χ1) is 6.33. The summed E-state index contributed by atoms with van der Waals surface area (Å²) in [6.45, 7) is 6.21. The smallest absolute Gasteiger partial charge is 0.307 e. The first-order valence-electron chi connectivity index (χ1n) is 4.91. The van der Waals surface area contributed by atoms with Crippen LogP contribution in [0.3, 0.4) is 0 Å². The van der Waals surface area contributed by atoms with Crippen molar-refractivity contribution in [3.63, 3.8) is 0 Å². The number of carbonyl (C=O) groups excluding carboxylic acids is 1. The largest absolute Gasteiger partial charge is 0.466 e. The fraction of sp³-hybridized carbons (Fsp3) is 0.889. The number of carbonyl (C=O) groups is 1. The normalized spacial score (nSPS) is 18.5. The van der Waals surface area contributed by atoms with Gasteiger partial charge in [0.1, 0.15) is 0 Å². The molecule has 0 spiro atoms. The highest BCUT2D eigenvalue weighted by Gasteiger charge is 2.10. The van der Waals surface area contributed by atoms with Crippen LogP contribution in [0.1, 0.15) is 19.8 Å². The van der Waals surface area contributed by atoms with Gasteiger partial charge in [0.15, 0.2) is 0 Å². The fourth-order valence-corrected chi connectivity index (χ4v) is 1.42. The lowest BCUT2D eigenvalue weighted by Gasteiger charge is -2.26. The summed E-state index contributed by atoms with van der Waals surface area (Å²) in [5.41, 5.74) is 0. The highest BCUT2D eigenvalue weighted by atomic mass is 16.5. The fourth-order valence-electron chi connectivity index (χ4n) is 1.42. The van der Waals surface area contributed by atoms with Crippen molar-refractivity contribution in [1.82, 2.24) is 10.2 Å². The minimum absolute atomic E-state index is 0.0897. The van der Waals surface area contributed by atoms with Crippen molar-refractivity contribution >= 4 is 5.97 Å². The lowest BCUT2D eigenvalue weighted by atomic mass is 10.3. The van der Waals surface area contributed by atoms with Gasteiger partial charge in [0, 0.05) is 19.8 Å². The van der Waals surface area contributed by atoms with Crippen LogP contribution >= 0.6 is 0 Å². The molecule has 0 unspecified atom stereocenters. The van der Waals surface area contributed by atoms with E-state index in [-0.39, 0.29) is 5.97 Å². The van der Waals surface area contributed by atoms with Gasteiger partial charge in [-0.15, -0.1) is 0 Å². The maximum absolute atomic E-state index is 11.0. The van der Waals surface area contributed by atoms with Crippen molar-refractivity contribution < 1.29 is 9.53 Å². The Morgan fingerprint density at radius 3 is 3.08 bits per heavy atom. The Kier molecular flexibility index (Phi) is 4.78. The molecule has 0 aliphatic carbocycles. The summed E-state index contributed by atoms with van der Waals surface area (Å²) < 4.78 is 4.85. The number of hydrogen-bond acceptors (Lipinski definition) is 4. The molecule has 0 saturated carbocycles. The van der Waals surface area contributed by atoms with Gasteiger partial charge in [0.25, 0.3) is 0 Å². The van der Waals surface area contributed by atoms with Crippen LogP contribution in [-0.4, -0.2) is 43.8 Å². The third-order valence-electron chi connectivity index (χ3n) is 2.10. The maximum atomic E-state index is 11.0. The van der Waals surface area contributed by atoms with Gasteiger partial charge in [-0.05, 0) is 19.9 Å². The van der Waals surface area contributed by atoms with Gasteiger partial charge >= 0.3 is 5.97 Å². The molecule has 1 N–H and O–H groups in total. The standard InChI is InChI=1S/C9H18N2O2/c1-2-13-9(12)4-7-11-6-3-5-10-8-11/h10H,2-8H2,1H3. The molecule has 13 heavy (non-hydrogen) atoms. The van der Waals surface area contributed by atoms with Gasteiger partial charge in [0.05, 0.1) is 13.0 Å². The number of esters is 1. The van der Waals surface area contributed by atoms with E-state index < -0.39 is 0 Å². The van der Waals surface area contributed by atoms with Crippen LogP contribution in [0, 0.1) is 0 Å². The third-order valence-corrected chi connectivity index (χ3v) is 2.10. The van der Waals surface area contributed by atoms with E-state index in [0.717, 1.165) is 26.3 Å². The van der Waals surface area contributed by atoms with Gasteiger partial charge in [0.2, 0.25) is 0 Å². The Bertz CT molecular complexity index is 156. The van der Waals surface area contributed by atoms with E-state index in [1.807, 2.05) is 6.92 Å². The third kappa shape index (κ3) is 4.24. The molecule has 1 saturated heterocycles. The first kappa shape index (κ1) is 10.5. The van der Waals surface area contributed by atoms with Gasteiger partial charge in [-0.2, -0.15) is 0 Å². The summed E-state index contributed by atoms with van der Waals surface area (Å²) in [7, 11) is 0. The van der Waals surface area contributed by atoms with E-state index in [0.29, 0.717) is 13.0 Å². The minimum atomic E-state index is -0.0897. The average Bonchev–Trinajstić information content (AvgIpc) is 2.17. The van der Waals surface area contributed by atoms with Crippen LogP contribution in [0.25, 0.3) is 0 Å². The number of hydrogen-bond donors (Lipinski definition) is 1. The second-order valence-electron chi connectivity index (χ2n) is 3.18. The minimum Gasteiger partial charge on any atom is -0.466 e.